The Hall–Kier alpha value is -3.47. The Labute approximate surface area is 151 Å². The lowest BCUT2D eigenvalue weighted by molar-refractivity contribution is 0.0949. The molecule has 2 N–H and O–H groups in total. The zero-order valence-corrected chi connectivity index (χ0v) is 14.1. The van der Waals surface area contributed by atoms with E-state index >= 15 is 0 Å². The van der Waals surface area contributed by atoms with Crippen LogP contribution in [0.5, 0.6) is 0 Å². The number of hydrogen-bond acceptors (Lipinski definition) is 3. The van der Waals surface area contributed by atoms with Crippen molar-refractivity contribution in [2.45, 2.75) is 12.8 Å². The molecule has 0 aliphatic heterocycles. The van der Waals surface area contributed by atoms with Gasteiger partial charge in [0.05, 0.1) is 5.69 Å². The molecule has 2 aromatic carbocycles. The third-order valence-electron chi connectivity index (χ3n) is 4.43. The molecule has 0 unspecified atom stereocenters. The SMILES string of the molecule is O=C(N/N=C/C=C/c1ccccc1)c1[nH]nc2c1CCc1ccccc1-2. The molecule has 128 valence electrons. The molecule has 0 bridgehead atoms. The number of carbonyl (C=O) groups is 1. The summed E-state index contributed by atoms with van der Waals surface area (Å²) in [4.78, 5) is 12.4. The van der Waals surface area contributed by atoms with Gasteiger partial charge in [-0.2, -0.15) is 10.2 Å². The van der Waals surface area contributed by atoms with E-state index in [1.165, 1.54) is 5.56 Å². The van der Waals surface area contributed by atoms with Crippen LogP contribution in [0.1, 0.15) is 27.2 Å². The van der Waals surface area contributed by atoms with Crippen molar-refractivity contribution in [3.8, 4) is 11.3 Å². The lowest BCUT2D eigenvalue weighted by atomic mass is 9.89. The average molecular weight is 342 g/mol. The van der Waals surface area contributed by atoms with Gasteiger partial charge in [0, 0.05) is 17.3 Å². The van der Waals surface area contributed by atoms with Crippen LogP contribution in [-0.2, 0) is 12.8 Å². The Morgan fingerprint density at radius 1 is 1.08 bits per heavy atom. The quantitative estimate of drug-likeness (QED) is 0.562. The van der Waals surface area contributed by atoms with Gasteiger partial charge in [-0.1, -0.05) is 60.7 Å². The van der Waals surface area contributed by atoms with E-state index in [-0.39, 0.29) is 5.91 Å². The fourth-order valence-corrected chi connectivity index (χ4v) is 3.16. The monoisotopic (exact) mass is 342 g/mol. The molecule has 0 radical (unpaired) electrons. The van der Waals surface area contributed by atoms with Crippen molar-refractivity contribution in [3.05, 3.63) is 83.1 Å². The van der Waals surface area contributed by atoms with Crippen LogP contribution < -0.4 is 5.43 Å². The number of hydrogen-bond donors (Lipinski definition) is 2. The van der Waals surface area contributed by atoms with Gasteiger partial charge in [0.1, 0.15) is 5.69 Å². The maximum atomic E-state index is 12.4. The second-order valence-electron chi connectivity index (χ2n) is 6.07. The molecule has 5 heteroatoms. The number of benzene rings is 2. The molecular weight excluding hydrogens is 324 g/mol. The molecular formula is C21H18N4O. The van der Waals surface area contributed by atoms with Gasteiger partial charge >= 0.3 is 0 Å². The summed E-state index contributed by atoms with van der Waals surface area (Å²) >= 11 is 0. The zero-order chi connectivity index (χ0) is 17.8. The van der Waals surface area contributed by atoms with Crippen LogP contribution in [0.3, 0.4) is 0 Å². The second kappa shape index (κ2) is 7.19. The van der Waals surface area contributed by atoms with Gasteiger partial charge in [-0.3, -0.25) is 9.89 Å². The number of fused-ring (bicyclic) bond motifs is 3. The number of aryl methyl sites for hydroxylation is 1. The first-order chi connectivity index (χ1) is 12.8. The third-order valence-corrected chi connectivity index (χ3v) is 4.43. The van der Waals surface area contributed by atoms with Crippen molar-refractivity contribution >= 4 is 18.2 Å². The minimum absolute atomic E-state index is 0.275. The van der Waals surface area contributed by atoms with Crippen molar-refractivity contribution in [2.24, 2.45) is 5.10 Å². The summed E-state index contributed by atoms with van der Waals surface area (Å²) in [5, 5.41) is 11.2. The summed E-state index contributed by atoms with van der Waals surface area (Å²) in [6.45, 7) is 0. The summed E-state index contributed by atoms with van der Waals surface area (Å²) < 4.78 is 0. The molecule has 1 aromatic heterocycles. The van der Waals surface area contributed by atoms with Crippen LogP contribution in [0.25, 0.3) is 17.3 Å². The topological polar surface area (TPSA) is 70.1 Å². The van der Waals surface area contributed by atoms with E-state index in [0.717, 1.165) is 35.2 Å². The first-order valence-corrected chi connectivity index (χ1v) is 8.53. The fourth-order valence-electron chi connectivity index (χ4n) is 3.16. The molecule has 1 aliphatic carbocycles. The van der Waals surface area contributed by atoms with Crippen molar-refractivity contribution in [1.29, 1.82) is 0 Å². The highest BCUT2D eigenvalue weighted by Crippen LogP contribution is 2.33. The van der Waals surface area contributed by atoms with Crippen molar-refractivity contribution < 1.29 is 4.79 Å². The number of H-pyrrole nitrogens is 1. The Morgan fingerprint density at radius 2 is 1.88 bits per heavy atom. The largest absolute Gasteiger partial charge is 0.289 e. The molecule has 26 heavy (non-hydrogen) atoms. The van der Waals surface area contributed by atoms with Gasteiger partial charge in [0.2, 0.25) is 0 Å². The predicted octanol–water partition coefficient (Wildman–Crippen LogP) is 3.60. The molecule has 1 aliphatic rings. The summed E-state index contributed by atoms with van der Waals surface area (Å²) in [7, 11) is 0. The highest BCUT2D eigenvalue weighted by Gasteiger charge is 2.24. The Kier molecular flexibility index (Phi) is 4.43. The molecule has 0 atom stereocenters. The normalized spacial score (nSPS) is 12.9. The number of hydrazone groups is 1. The van der Waals surface area contributed by atoms with E-state index < -0.39 is 0 Å². The van der Waals surface area contributed by atoms with Gasteiger partial charge in [-0.05, 0) is 30.0 Å². The molecule has 0 saturated carbocycles. The van der Waals surface area contributed by atoms with Crippen LogP contribution in [0.2, 0.25) is 0 Å². The van der Waals surface area contributed by atoms with Gasteiger partial charge in [-0.25, -0.2) is 5.43 Å². The number of nitrogens with one attached hydrogen (secondary N) is 2. The number of nitrogens with zero attached hydrogens (tertiary/aromatic N) is 2. The van der Waals surface area contributed by atoms with Crippen LogP contribution in [0, 0.1) is 0 Å². The molecule has 1 amide bonds. The van der Waals surface area contributed by atoms with Gasteiger partial charge in [0.25, 0.3) is 5.91 Å². The highest BCUT2D eigenvalue weighted by atomic mass is 16.2. The third kappa shape index (κ3) is 3.19. The number of aromatic amines is 1. The number of amides is 1. The number of aromatic nitrogens is 2. The van der Waals surface area contributed by atoms with Gasteiger partial charge in [0.15, 0.2) is 0 Å². The lowest BCUT2D eigenvalue weighted by Gasteiger charge is -2.15. The van der Waals surface area contributed by atoms with Crippen LogP contribution in [0.4, 0.5) is 0 Å². The van der Waals surface area contributed by atoms with Crippen molar-refractivity contribution in [3.63, 3.8) is 0 Å². The number of carbonyl (C=O) groups excluding carboxylic acids is 1. The predicted molar refractivity (Wildman–Crippen MR) is 103 cm³/mol. The Bertz CT molecular complexity index is 986. The minimum Gasteiger partial charge on any atom is -0.272 e. The first-order valence-electron chi connectivity index (χ1n) is 8.53. The molecule has 0 fully saturated rings. The maximum Gasteiger partial charge on any atom is 0.289 e. The maximum absolute atomic E-state index is 12.4. The molecule has 0 spiro atoms. The number of allylic oxidation sites excluding steroid dienone is 1. The molecule has 4 rings (SSSR count). The van der Waals surface area contributed by atoms with Gasteiger partial charge < -0.3 is 0 Å². The number of rotatable bonds is 4. The summed E-state index contributed by atoms with van der Waals surface area (Å²) in [6, 6.07) is 18.1. The van der Waals surface area contributed by atoms with Crippen LogP contribution in [0.15, 0.2) is 65.8 Å². The van der Waals surface area contributed by atoms with Crippen LogP contribution >= 0.6 is 0 Å². The van der Waals surface area contributed by atoms with E-state index in [2.05, 4.69) is 26.8 Å². The van der Waals surface area contributed by atoms with Crippen molar-refractivity contribution in [1.82, 2.24) is 15.6 Å². The average Bonchev–Trinajstić information content (AvgIpc) is 3.13. The summed E-state index contributed by atoms with van der Waals surface area (Å²) in [6.07, 6.45) is 6.97. The van der Waals surface area contributed by atoms with Crippen molar-refractivity contribution in [2.75, 3.05) is 0 Å². The molecule has 0 saturated heterocycles. The zero-order valence-electron chi connectivity index (χ0n) is 14.1. The fraction of sp³-hybridized carbons (Fsp3) is 0.0952. The van der Waals surface area contributed by atoms with E-state index in [9.17, 15) is 4.79 Å². The minimum atomic E-state index is -0.275. The highest BCUT2D eigenvalue weighted by molar-refractivity contribution is 5.96. The van der Waals surface area contributed by atoms with E-state index in [1.54, 1.807) is 12.3 Å². The molecule has 1 heterocycles. The van der Waals surface area contributed by atoms with Crippen LogP contribution in [-0.4, -0.2) is 22.3 Å². The second-order valence-corrected chi connectivity index (χ2v) is 6.07. The smallest absolute Gasteiger partial charge is 0.272 e. The molecule has 3 aromatic rings. The van der Waals surface area contributed by atoms with Gasteiger partial charge in [-0.15, -0.1) is 0 Å². The lowest BCUT2D eigenvalue weighted by Crippen LogP contribution is -2.20. The van der Waals surface area contributed by atoms with E-state index in [4.69, 9.17) is 0 Å². The Balaban J connectivity index is 1.45. The van der Waals surface area contributed by atoms with E-state index in [0.29, 0.717) is 5.69 Å². The summed E-state index contributed by atoms with van der Waals surface area (Å²) in [5.41, 5.74) is 8.30. The standard InChI is InChI=1S/C21H18N4O/c26-21(25-22-14-6-9-15-7-2-1-3-8-15)20-18-13-12-16-10-4-5-11-17(16)19(18)23-24-20/h1-11,14H,12-13H2,(H,23,24)(H,25,26)/b9-6+,22-14+. The van der Waals surface area contributed by atoms with E-state index in [1.807, 2.05) is 54.6 Å². The summed E-state index contributed by atoms with van der Waals surface area (Å²) in [5.74, 6) is -0.275. The molecule has 5 nitrogen and oxygen atoms in total. The Morgan fingerprint density at radius 3 is 2.77 bits per heavy atom. The first kappa shape index (κ1) is 16.0.